The third kappa shape index (κ3) is 7.31. The summed E-state index contributed by atoms with van der Waals surface area (Å²) in [5, 5.41) is 17.3. The molecule has 22 heavy (non-hydrogen) atoms. The van der Waals surface area contributed by atoms with E-state index in [2.05, 4.69) is 13.0 Å². The smallest absolute Gasteiger partial charge is 0.478 e. The third-order valence-corrected chi connectivity index (χ3v) is 4.53. The average Bonchev–Trinajstić information content (AvgIpc) is 2.50. The molecule has 1 rings (SSSR count). The van der Waals surface area contributed by atoms with Crippen molar-refractivity contribution >= 4 is 14.0 Å². The van der Waals surface area contributed by atoms with Crippen LogP contribution in [0.1, 0.15) is 37.3 Å². The second-order valence-corrected chi connectivity index (χ2v) is 6.37. The molecular formula is C16H21NO4P+. The summed E-state index contributed by atoms with van der Waals surface area (Å²) >= 11 is 0. The van der Waals surface area contributed by atoms with E-state index in [4.69, 9.17) is 14.9 Å². The van der Waals surface area contributed by atoms with Gasteiger partial charge < -0.3 is 5.11 Å². The van der Waals surface area contributed by atoms with Crippen molar-refractivity contribution in [1.29, 1.82) is 5.26 Å². The van der Waals surface area contributed by atoms with E-state index in [0.717, 1.165) is 25.7 Å². The molecule has 0 heterocycles. The van der Waals surface area contributed by atoms with Crippen LogP contribution in [0.4, 0.5) is 0 Å². The molecule has 0 aromatic heterocycles. The van der Waals surface area contributed by atoms with Gasteiger partial charge in [-0.1, -0.05) is 25.5 Å². The number of carboxylic acids is 1. The molecule has 1 aromatic carbocycles. The second-order valence-electron chi connectivity index (χ2n) is 5.13. The second kappa shape index (κ2) is 10.0. The Kier molecular flexibility index (Phi) is 8.35. The summed E-state index contributed by atoms with van der Waals surface area (Å²) in [6, 6.07) is 9.65. The van der Waals surface area contributed by atoms with E-state index < -0.39 is 20.2 Å². The summed E-state index contributed by atoms with van der Waals surface area (Å²) in [7, 11) is -2.09. The van der Waals surface area contributed by atoms with Crippen molar-refractivity contribution in [1.82, 2.24) is 0 Å². The number of hydrogen-bond acceptors (Lipinski definition) is 4. The Morgan fingerprint density at radius 3 is 2.59 bits per heavy atom. The maximum atomic E-state index is 11.3. The van der Waals surface area contributed by atoms with Crippen LogP contribution in [0.2, 0.25) is 0 Å². The standard InChI is InChI=1S/C16H20NO4P/c1-2-13(9-10-21-22(20)12-16(18)19)3-4-14-5-7-15(11-17)8-6-14/h5-8,13H,2-4,9-10,12H2,1H3/p+1. The molecule has 0 aliphatic heterocycles. The molecule has 118 valence electrons. The molecule has 2 unspecified atom stereocenters. The van der Waals surface area contributed by atoms with Crippen LogP contribution in [-0.4, -0.2) is 23.8 Å². The first-order valence-corrected chi connectivity index (χ1v) is 8.69. The number of rotatable bonds is 10. The first kappa shape index (κ1) is 18.3. The predicted octanol–water partition coefficient (Wildman–Crippen LogP) is 3.75. The van der Waals surface area contributed by atoms with Crippen molar-refractivity contribution in [3.63, 3.8) is 0 Å². The van der Waals surface area contributed by atoms with Crippen molar-refractivity contribution in [3.05, 3.63) is 35.4 Å². The topological polar surface area (TPSA) is 87.4 Å². The van der Waals surface area contributed by atoms with E-state index in [0.29, 0.717) is 18.1 Å². The van der Waals surface area contributed by atoms with Crippen LogP contribution in [0.5, 0.6) is 0 Å². The maximum Gasteiger partial charge on any atom is 0.520 e. The number of nitrogens with zero attached hydrogens (tertiary/aromatic N) is 1. The average molecular weight is 322 g/mol. The van der Waals surface area contributed by atoms with Gasteiger partial charge in [0.1, 0.15) is 6.61 Å². The first-order valence-electron chi connectivity index (χ1n) is 7.33. The Labute approximate surface area is 131 Å². The number of aryl methyl sites for hydroxylation is 1. The van der Waals surface area contributed by atoms with Gasteiger partial charge in [0.25, 0.3) is 6.16 Å². The van der Waals surface area contributed by atoms with E-state index in [-0.39, 0.29) is 0 Å². The lowest BCUT2D eigenvalue weighted by Gasteiger charge is -2.13. The maximum absolute atomic E-state index is 11.3. The number of benzene rings is 1. The Morgan fingerprint density at radius 2 is 2.05 bits per heavy atom. The summed E-state index contributed by atoms with van der Waals surface area (Å²) in [5.41, 5.74) is 1.85. The minimum Gasteiger partial charge on any atom is -0.478 e. The van der Waals surface area contributed by atoms with Gasteiger partial charge >= 0.3 is 14.0 Å². The van der Waals surface area contributed by atoms with Gasteiger partial charge in [0, 0.05) is 0 Å². The molecule has 6 heteroatoms. The van der Waals surface area contributed by atoms with Crippen molar-refractivity contribution in [3.8, 4) is 6.07 Å². The summed E-state index contributed by atoms with van der Waals surface area (Å²) in [6.07, 6.45) is 3.24. The molecule has 0 spiro atoms. The summed E-state index contributed by atoms with van der Waals surface area (Å²) < 4.78 is 16.3. The highest BCUT2D eigenvalue weighted by molar-refractivity contribution is 7.40. The van der Waals surface area contributed by atoms with Crippen LogP contribution < -0.4 is 0 Å². The van der Waals surface area contributed by atoms with E-state index in [1.54, 1.807) is 0 Å². The molecule has 1 N–H and O–H groups in total. The van der Waals surface area contributed by atoms with E-state index >= 15 is 0 Å². The monoisotopic (exact) mass is 322 g/mol. The highest BCUT2D eigenvalue weighted by Gasteiger charge is 2.22. The van der Waals surface area contributed by atoms with Gasteiger partial charge in [0.2, 0.25) is 0 Å². The molecule has 0 fully saturated rings. The molecule has 0 aliphatic carbocycles. The largest absolute Gasteiger partial charge is 0.520 e. The van der Waals surface area contributed by atoms with Gasteiger partial charge in [-0.15, -0.1) is 4.52 Å². The first-order chi connectivity index (χ1) is 10.5. The van der Waals surface area contributed by atoms with Crippen molar-refractivity contribution < 1.29 is 19.0 Å². The highest BCUT2D eigenvalue weighted by atomic mass is 31.1. The Morgan fingerprint density at radius 1 is 1.36 bits per heavy atom. The highest BCUT2D eigenvalue weighted by Crippen LogP contribution is 2.24. The molecular weight excluding hydrogens is 301 g/mol. The minimum atomic E-state index is -2.09. The Balaban J connectivity index is 2.31. The van der Waals surface area contributed by atoms with Crippen molar-refractivity contribution in [2.45, 2.75) is 32.6 Å². The minimum absolute atomic E-state index is 0.328. The Hall–Kier alpha value is -1.76. The van der Waals surface area contributed by atoms with Crippen LogP contribution in [0.3, 0.4) is 0 Å². The molecule has 0 amide bonds. The number of carbonyl (C=O) groups is 1. The molecule has 2 atom stereocenters. The zero-order chi connectivity index (χ0) is 16.4. The van der Waals surface area contributed by atoms with Crippen LogP contribution in [0.15, 0.2) is 24.3 Å². The van der Waals surface area contributed by atoms with E-state index in [1.807, 2.05) is 24.3 Å². The van der Waals surface area contributed by atoms with Gasteiger partial charge in [0.15, 0.2) is 0 Å². The number of nitriles is 1. The van der Waals surface area contributed by atoms with Gasteiger partial charge in [-0.3, -0.25) is 0 Å². The van der Waals surface area contributed by atoms with Crippen LogP contribution in [-0.2, 0) is 20.3 Å². The van der Waals surface area contributed by atoms with Crippen LogP contribution in [0, 0.1) is 17.2 Å². The molecule has 0 saturated carbocycles. The summed E-state index contributed by atoms with van der Waals surface area (Å²) in [6.45, 7) is 2.43. The predicted molar refractivity (Wildman–Crippen MR) is 83.9 cm³/mol. The van der Waals surface area contributed by atoms with E-state index in [1.165, 1.54) is 5.56 Å². The lowest BCUT2D eigenvalue weighted by atomic mass is 9.94. The molecule has 1 aromatic rings. The lowest BCUT2D eigenvalue weighted by Crippen LogP contribution is -2.06. The number of aliphatic carboxylic acids is 1. The normalized spacial score (nSPS) is 12.5. The fraction of sp³-hybridized carbons (Fsp3) is 0.500. The molecule has 0 saturated heterocycles. The van der Waals surface area contributed by atoms with Crippen LogP contribution >= 0.6 is 8.03 Å². The van der Waals surface area contributed by atoms with Gasteiger partial charge in [0.05, 0.1) is 11.6 Å². The molecule has 0 aliphatic rings. The SMILES string of the molecule is CCC(CCO[P+](=O)CC(=O)O)CCc1ccc(C#N)cc1. The van der Waals surface area contributed by atoms with Gasteiger partial charge in [-0.05, 0) is 47.4 Å². The van der Waals surface area contributed by atoms with Crippen LogP contribution in [0.25, 0.3) is 0 Å². The molecule has 5 nitrogen and oxygen atoms in total. The lowest BCUT2D eigenvalue weighted by molar-refractivity contribution is -0.134. The van der Waals surface area contributed by atoms with Crippen molar-refractivity contribution in [2.75, 3.05) is 12.8 Å². The zero-order valence-corrected chi connectivity index (χ0v) is 13.6. The number of carboxylic acid groups (broad SMARTS) is 1. The molecule has 0 bridgehead atoms. The van der Waals surface area contributed by atoms with Gasteiger partial charge in [-0.2, -0.15) is 5.26 Å². The fourth-order valence-electron chi connectivity index (χ4n) is 2.15. The Bertz CT molecular complexity index is 536. The fourth-order valence-corrected chi connectivity index (χ4v) is 2.77. The quantitative estimate of drug-likeness (QED) is 0.663. The van der Waals surface area contributed by atoms with E-state index in [9.17, 15) is 9.36 Å². The summed E-state index contributed by atoms with van der Waals surface area (Å²) in [4.78, 5) is 10.4. The number of hydrogen-bond donors (Lipinski definition) is 1. The van der Waals surface area contributed by atoms with Crippen molar-refractivity contribution in [2.24, 2.45) is 5.92 Å². The third-order valence-electron chi connectivity index (χ3n) is 3.53. The summed E-state index contributed by atoms with van der Waals surface area (Å²) in [5.74, 6) is -0.655. The molecule has 0 radical (unpaired) electrons. The van der Waals surface area contributed by atoms with Gasteiger partial charge in [-0.25, -0.2) is 4.79 Å². The zero-order valence-electron chi connectivity index (χ0n) is 12.7.